The molecule has 0 bridgehead atoms. The van der Waals surface area contributed by atoms with Crippen molar-refractivity contribution in [2.24, 2.45) is 23.2 Å². The normalized spacial score (nSPS) is 30.4. The number of ketones is 1. The monoisotopic (exact) mass is 757 g/mol. The van der Waals surface area contributed by atoms with Crippen LogP contribution in [0.3, 0.4) is 0 Å². The molecule has 3 nitrogen and oxygen atoms in total. The lowest BCUT2D eigenvalue weighted by Gasteiger charge is -2.45. The van der Waals surface area contributed by atoms with E-state index >= 15 is 0 Å². The molecule has 0 amide bonds. The van der Waals surface area contributed by atoms with Gasteiger partial charge in [-0.1, -0.05) is 124 Å². The zero-order chi connectivity index (χ0) is 39.4. The molecule has 0 saturated heterocycles. The fourth-order valence-electron chi connectivity index (χ4n) is 9.43. The summed E-state index contributed by atoms with van der Waals surface area (Å²) in [5.74, 6) is 2.36. The van der Waals surface area contributed by atoms with Gasteiger partial charge >= 0.3 is 0 Å². The van der Waals surface area contributed by atoms with E-state index in [2.05, 4.69) is 138 Å². The second kappa shape index (κ2) is 15.3. The molecule has 6 atom stereocenters. The number of carbonyl (C=O) groups excluding carboxylic acids is 1. The van der Waals surface area contributed by atoms with Gasteiger partial charge in [0.2, 0.25) is 0 Å². The molecule has 0 unspecified atom stereocenters. The molecule has 0 spiro atoms. The van der Waals surface area contributed by atoms with E-state index in [0.29, 0.717) is 29.5 Å². The van der Waals surface area contributed by atoms with Crippen LogP contribution in [0.1, 0.15) is 144 Å². The summed E-state index contributed by atoms with van der Waals surface area (Å²) in [5, 5.41) is 0.295. The van der Waals surface area contributed by atoms with Gasteiger partial charge in [0.1, 0.15) is 0 Å². The Balaban J connectivity index is 1.33. The minimum atomic E-state index is -2.01. The second-order valence-electron chi connectivity index (χ2n) is 21.3. The summed E-state index contributed by atoms with van der Waals surface area (Å²) in [4.78, 5) is 13.7. The first-order valence-electron chi connectivity index (χ1n) is 21.2. The molecule has 0 heterocycles. The molecule has 4 saturated carbocycles. The van der Waals surface area contributed by atoms with Crippen LogP contribution in [-0.2, 0) is 19.1 Å². The third-order valence-electron chi connectivity index (χ3n) is 15.3. The van der Waals surface area contributed by atoms with E-state index in [-0.39, 0.29) is 33.1 Å². The highest BCUT2D eigenvalue weighted by Gasteiger charge is 2.52. The molecule has 1 aromatic carbocycles. The van der Waals surface area contributed by atoms with Gasteiger partial charge in [0, 0.05) is 6.42 Å². The molecular formula is C48H76O3Si2. The Morgan fingerprint density at radius 1 is 0.887 bits per heavy atom. The van der Waals surface area contributed by atoms with Crippen molar-refractivity contribution in [2.75, 3.05) is 0 Å². The second-order valence-corrected chi connectivity index (χ2v) is 30.8. The SMILES string of the molecule is C=C1/C(=C\C=C2/CCC[C@]3(C)[C@@H]([C@H](C)/C=C/C(=O)C4(c5ccc(C(C)C)cc5)CC4)CC[C@@H]23)C[C@@H](O[Si](C)(C)C(C)(C)C)C[C@@H]1O[Si](C)(C)C(C)(C)C. The number of rotatable bonds is 11. The van der Waals surface area contributed by atoms with Crippen LogP contribution >= 0.6 is 0 Å². The molecule has 53 heavy (non-hydrogen) atoms. The smallest absolute Gasteiger partial charge is 0.192 e. The van der Waals surface area contributed by atoms with E-state index in [1.807, 2.05) is 6.08 Å². The predicted molar refractivity (Wildman–Crippen MR) is 232 cm³/mol. The summed E-state index contributed by atoms with van der Waals surface area (Å²) in [6, 6.07) is 8.85. The summed E-state index contributed by atoms with van der Waals surface area (Å²) >= 11 is 0. The average molecular weight is 757 g/mol. The van der Waals surface area contributed by atoms with Crippen LogP contribution in [0.4, 0.5) is 0 Å². The first-order valence-corrected chi connectivity index (χ1v) is 27.0. The van der Waals surface area contributed by atoms with Crippen molar-refractivity contribution in [2.45, 2.75) is 187 Å². The summed E-state index contributed by atoms with van der Waals surface area (Å²) in [6.07, 6.45) is 19.2. The average Bonchev–Trinajstić information content (AvgIpc) is 3.78. The topological polar surface area (TPSA) is 35.5 Å². The van der Waals surface area contributed by atoms with Crippen molar-refractivity contribution < 1.29 is 13.6 Å². The maximum Gasteiger partial charge on any atom is 0.192 e. The molecule has 5 rings (SSSR count). The zero-order valence-corrected chi connectivity index (χ0v) is 38.4. The molecular weight excluding hydrogens is 681 g/mol. The Kier molecular flexibility index (Phi) is 12.2. The third kappa shape index (κ3) is 8.79. The molecule has 0 radical (unpaired) electrons. The number of benzene rings is 1. The van der Waals surface area contributed by atoms with Crippen LogP contribution in [0, 0.1) is 23.2 Å². The summed E-state index contributed by atoms with van der Waals surface area (Å²) in [6.45, 7) is 37.6. The van der Waals surface area contributed by atoms with Crippen molar-refractivity contribution in [1.29, 1.82) is 0 Å². The number of hydrogen-bond acceptors (Lipinski definition) is 3. The van der Waals surface area contributed by atoms with Crippen molar-refractivity contribution in [3.05, 3.63) is 83.0 Å². The number of carbonyl (C=O) groups is 1. The van der Waals surface area contributed by atoms with E-state index in [9.17, 15) is 4.79 Å². The van der Waals surface area contributed by atoms with E-state index < -0.39 is 16.6 Å². The summed E-state index contributed by atoms with van der Waals surface area (Å²) < 4.78 is 14.2. The van der Waals surface area contributed by atoms with Gasteiger partial charge in [0.15, 0.2) is 22.4 Å². The first kappa shape index (κ1) is 42.3. The minimum Gasteiger partial charge on any atom is -0.413 e. The lowest BCUT2D eigenvalue weighted by molar-refractivity contribution is -0.116. The van der Waals surface area contributed by atoms with Gasteiger partial charge in [-0.25, -0.2) is 0 Å². The van der Waals surface area contributed by atoms with Crippen molar-refractivity contribution in [3.63, 3.8) is 0 Å². The number of fused-ring (bicyclic) bond motifs is 1. The van der Waals surface area contributed by atoms with Crippen molar-refractivity contribution in [1.82, 2.24) is 0 Å². The molecule has 0 aromatic heterocycles. The predicted octanol–water partition coefficient (Wildman–Crippen LogP) is 13.8. The third-order valence-corrected chi connectivity index (χ3v) is 24.3. The molecule has 4 fully saturated rings. The lowest BCUT2D eigenvalue weighted by Crippen LogP contribution is -2.49. The number of hydrogen-bond donors (Lipinski definition) is 0. The Morgan fingerprint density at radius 2 is 1.49 bits per heavy atom. The Labute approximate surface area is 327 Å². The Morgan fingerprint density at radius 3 is 2.06 bits per heavy atom. The zero-order valence-electron chi connectivity index (χ0n) is 36.4. The van der Waals surface area contributed by atoms with E-state index in [0.717, 1.165) is 31.3 Å². The maximum atomic E-state index is 13.7. The molecule has 1 aromatic rings. The quantitative estimate of drug-likeness (QED) is 0.167. The fraction of sp³-hybridized carbons (Fsp3) is 0.688. The molecule has 0 N–H and O–H groups in total. The van der Waals surface area contributed by atoms with E-state index in [1.165, 1.54) is 48.8 Å². The number of allylic oxidation sites excluding steroid dienone is 5. The van der Waals surface area contributed by atoms with Crippen molar-refractivity contribution in [3.8, 4) is 0 Å². The fourth-order valence-corrected chi connectivity index (χ4v) is 12.1. The van der Waals surface area contributed by atoms with Crippen LogP contribution in [0.25, 0.3) is 0 Å². The van der Waals surface area contributed by atoms with Crippen LogP contribution < -0.4 is 0 Å². The maximum absolute atomic E-state index is 13.7. The van der Waals surface area contributed by atoms with Crippen LogP contribution in [-0.4, -0.2) is 34.6 Å². The lowest BCUT2D eigenvalue weighted by atomic mass is 9.61. The van der Waals surface area contributed by atoms with Gasteiger partial charge in [0.25, 0.3) is 0 Å². The molecule has 294 valence electrons. The first-order chi connectivity index (χ1) is 24.4. The molecule has 5 heteroatoms. The minimum absolute atomic E-state index is 0.000990. The van der Waals surface area contributed by atoms with Gasteiger partial charge in [0.05, 0.1) is 17.6 Å². The largest absolute Gasteiger partial charge is 0.413 e. The van der Waals surface area contributed by atoms with Crippen molar-refractivity contribution >= 4 is 22.4 Å². The standard InChI is InChI=1S/C48H76O3Si2/c1-33(2)36-21-23-39(24-22-36)48(29-30-48)44(49)27-18-34(3)41-25-26-42-37(17-16-28-47(41,42)11)19-20-38-31-40(50-52(12,13)45(5,6)7)32-43(35(38)4)51-53(14,15)46(8,9)10/h18-24,27,33-34,40-43H,4,16-17,25-26,28-32H2,1-3,5-15H3/b27-18+,37-19+,38-20-/t34-,40-,41-,42+,43+,47-/m1/s1. The molecule has 0 aliphatic heterocycles. The van der Waals surface area contributed by atoms with E-state index in [4.69, 9.17) is 15.4 Å². The van der Waals surface area contributed by atoms with Gasteiger partial charge in [-0.15, -0.1) is 0 Å². The Bertz CT molecular complexity index is 1590. The van der Waals surface area contributed by atoms with Crippen LogP contribution in [0.5, 0.6) is 0 Å². The van der Waals surface area contributed by atoms with Crippen LogP contribution in [0.15, 0.2) is 71.9 Å². The molecule has 4 aliphatic carbocycles. The van der Waals surface area contributed by atoms with Crippen LogP contribution in [0.2, 0.25) is 36.3 Å². The summed E-state index contributed by atoms with van der Waals surface area (Å²) in [5.41, 5.74) is 6.60. The van der Waals surface area contributed by atoms with Gasteiger partial charge in [-0.2, -0.15) is 0 Å². The Hall–Kier alpha value is -1.80. The summed E-state index contributed by atoms with van der Waals surface area (Å²) in [7, 11) is -3.97. The highest BCUT2D eigenvalue weighted by atomic mass is 28.4. The highest BCUT2D eigenvalue weighted by Crippen LogP contribution is 2.60. The molecule has 4 aliphatic rings. The van der Waals surface area contributed by atoms with E-state index in [1.54, 1.807) is 5.57 Å². The highest BCUT2D eigenvalue weighted by molar-refractivity contribution is 6.74. The van der Waals surface area contributed by atoms with Gasteiger partial charge in [-0.05, 0) is 145 Å². The van der Waals surface area contributed by atoms with Gasteiger partial charge < -0.3 is 8.85 Å². The van der Waals surface area contributed by atoms with Gasteiger partial charge in [-0.3, -0.25) is 4.79 Å².